The van der Waals surface area contributed by atoms with Crippen molar-refractivity contribution in [1.29, 1.82) is 0 Å². The van der Waals surface area contributed by atoms with Crippen LogP contribution in [0.5, 0.6) is 0 Å². The van der Waals surface area contributed by atoms with E-state index >= 15 is 0 Å². The Hall–Kier alpha value is -4.39. The van der Waals surface area contributed by atoms with Gasteiger partial charge in [0.2, 0.25) is 5.91 Å². The third-order valence-corrected chi connectivity index (χ3v) is 4.70. The second kappa shape index (κ2) is 11.9. The lowest BCUT2D eigenvalue weighted by molar-refractivity contribution is -0.134. The van der Waals surface area contributed by atoms with Gasteiger partial charge in [-0.1, -0.05) is 91.0 Å². The van der Waals surface area contributed by atoms with Gasteiger partial charge in [-0.2, -0.15) is 0 Å². The van der Waals surface area contributed by atoms with Crippen LogP contribution in [0.1, 0.15) is 16.7 Å². The SMILES string of the molecule is O=C(N[C@@H](Cc1ccccc1)C(=O)N/C(=C/c1ccccc1)C(=O)O)OCc1ccccc1. The van der Waals surface area contributed by atoms with Gasteiger partial charge in [-0.3, -0.25) is 4.79 Å². The predicted molar refractivity (Wildman–Crippen MR) is 124 cm³/mol. The Morgan fingerprint density at radius 3 is 1.94 bits per heavy atom. The van der Waals surface area contributed by atoms with Crippen molar-refractivity contribution in [1.82, 2.24) is 10.6 Å². The zero-order valence-corrected chi connectivity index (χ0v) is 17.8. The number of carboxylic acids is 1. The molecule has 0 aliphatic carbocycles. The summed E-state index contributed by atoms with van der Waals surface area (Å²) in [5.41, 5.74) is 1.91. The van der Waals surface area contributed by atoms with Crippen molar-refractivity contribution in [2.24, 2.45) is 0 Å². The quantitative estimate of drug-likeness (QED) is 0.436. The van der Waals surface area contributed by atoms with Crippen LogP contribution in [-0.2, 0) is 27.4 Å². The van der Waals surface area contributed by atoms with Gasteiger partial charge in [0.15, 0.2) is 0 Å². The highest BCUT2D eigenvalue weighted by molar-refractivity contribution is 5.98. The van der Waals surface area contributed by atoms with Crippen LogP contribution in [0.2, 0.25) is 0 Å². The fourth-order valence-electron chi connectivity index (χ4n) is 3.05. The molecule has 3 aromatic rings. The maximum Gasteiger partial charge on any atom is 0.408 e. The molecule has 0 aliphatic rings. The smallest absolute Gasteiger partial charge is 0.408 e. The molecule has 0 heterocycles. The van der Waals surface area contributed by atoms with E-state index in [1.165, 1.54) is 6.08 Å². The molecule has 1 atom stereocenters. The summed E-state index contributed by atoms with van der Waals surface area (Å²) in [7, 11) is 0. The number of hydrogen-bond acceptors (Lipinski definition) is 4. The van der Waals surface area contributed by atoms with Crippen molar-refractivity contribution in [3.8, 4) is 0 Å². The zero-order valence-electron chi connectivity index (χ0n) is 17.8. The Kier molecular flexibility index (Phi) is 8.36. The number of benzene rings is 3. The maximum absolute atomic E-state index is 13.0. The van der Waals surface area contributed by atoms with E-state index in [0.717, 1.165) is 11.1 Å². The molecule has 0 fully saturated rings. The molecule has 0 spiro atoms. The van der Waals surface area contributed by atoms with E-state index in [-0.39, 0.29) is 18.7 Å². The minimum atomic E-state index is -1.29. The number of hydrogen-bond donors (Lipinski definition) is 3. The van der Waals surface area contributed by atoms with Gasteiger partial charge in [-0.15, -0.1) is 0 Å². The number of carbonyl (C=O) groups excluding carboxylic acids is 2. The van der Waals surface area contributed by atoms with Gasteiger partial charge in [0.05, 0.1) is 0 Å². The first kappa shape index (κ1) is 23.3. The molecule has 33 heavy (non-hydrogen) atoms. The van der Waals surface area contributed by atoms with Gasteiger partial charge in [0.25, 0.3) is 0 Å². The van der Waals surface area contributed by atoms with E-state index in [1.807, 2.05) is 60.7 Å². The third-order valence-electron chi connectivity index (χ3n) is 4.70. The molecule has 3 rings (SSSR count). The van der Waals surface area contributed by atoms with Crippen molar-refractivity contribution in [2.75, 3.05) is 0 Å². The van der Waals surface area contributed by atoms with Crippen molar-refractivity contribution in [3.63, 3.8) is 0 Å². The summed E-state index contributed by atoms with van der Waals surface area (Å²) in [4.78, 5) is 37.1. The average molecular weight is 444 g/mol. The second-order valence-corrected chi connectivity index (χ2v) is 7.21. The molecule has 7 heteroatoms. The minimum absolute atomic E-state index is 0.0423. The van der Waals surface area contributed by atoms with Crippen molar-refractivity contribution in [2.45, 2.75) is 19.1 Å². The first-order chi connectivity index (χ1) is 16.0. The zero-order chi connectivity index (χ0) is 23.5. The van der Waals surface area contributed by atoms with Crippen LogP contribution in [0.3, 0.4) is 0 Å². The van der Waals surface area contributed by atoms with Crippen LogP contribution in [0, 0.1) is 0 Å². The van der Waals surface area contributed by atoms with Gasteiger partial charge in [0, 0.05) is 6.42 Å². The summed E-state index contributed by atoms with van der Waals surface area (Å²) in [6, 6.07) is 25.9. The molecule has 0 saturated heterocycles. The topological polar surface area (TPSA) is 105 Å². The predicted octanol–water partition coefficient (Wildman–Crippen LogP) is 3.77. The number of carbonyl (C=O) groups is 3. The molecule has 0 aromatic heterocycles. The first-order valence-electron chi connectivity index (χ1n) is 10.3. The van der Waals surface area contributed by atoms with Crippen LogP contribution in [0.4, 0.5) is 4.79 Å². The van der Waals surface area contributed by atoms with E-state index < -0.39 is 24.0 Å². The fourth-order valence-corrected chi connectivity index (χ4v) is 3.05. The minimum Gasteiger partial charge on any atom is -0.477 e. The number of nitrogens with one attached hydrogen (secondary N) is 2. The average Bonchev–Trinajstić information content (AvgIpc) is 2.84. The van der Waals surface area contributed by atoms with Gasteiger partial charge >= 0.3 is 12.1 Å². The van der Waals surface area contributed by atoms with Crippen LogP contribution >= 0.6 is 0 Å². The maximum atomic E-state index is 13.0. The van der Waals surface area contributed by atoms with Crippen molar-refractivity contribution >= 4 is 24.0 Å². The first-order valence-corrected chi connectivity index (χ1v) is 10.3. The standard InChI is InChI=1S/C26H24N2O5/c29-24(27-23(25(30)31)17-20-12-6-2-7-13-20)22(16-19-10-4-1-5-11-19)28-26(32)33-18-21-14-8-3-9-15-21/h1-15,17,22H,16,18H2,(H,27,29)(H,28,32)(H,30,31)/b23-17+/t22-/m0/s1. The molecule has 0 aliphatic heterocycles. The Balaban J connectivity index is 1.73. The van der Waals surface area contributed by atoms with Crippen LogP contribution < -0.4 is 10.6 Å². The largest absolute Gasteiger partial charge is 0.477 e. The monoisotopic (exact) mass is 444 g/mol. The summed E-state index contributed by atoms with van der Waals surface area (Å²) in [6.07, 6.45) is 0.734. The van der Waals surface area contributed by atoms with Gasteiger partial charge < -0.3 is 20.5 Å². The molecule has 2 amide bonds. The summed E-state index contributed by atoms with van der Waals surface area (Å²) in [6.45, 7) is 0.0423. The molecule has 3 aromatic carbocycles. The lowest BCUT2D eigenvalue weighted by atomic mass is 10.1. The molecule has 0 bridgehead atoms. The van der Waals surface area contributed by atoms with E-state index in [0.29, 0.717) is 5.56 Å². The van der Waals surface area contributed by atoms with Crippen LogP contribution in [0.15, 0.2) is 96.7 Å². The Labute approximate surface area is 191 Å². The number of ether oxygens (including phenoxy) is 1. The van der Waals surface area contributed by atoms with Crippen LogP contribution in [0.25, 0.3) is 6.08 Å². The van der Waals surface area contributed by atoms with Crippen LogP contribution in [-0.4, -0.2) is 29.1 Å². The van der Waals surface area contributed by atoms with Crippen molar-refractivity contribution in [3.05, 3.63) is 113 Å². The lowest BCUT2D eigenvalue weighted by Crippen LogP contribution is -2.48. The Morgan fingerprint density at radius 1 is 0.818 bits per heavy atom. The molecule has 7 nitrogen and oxygen atoms in total. The molecule has 168 valence electrons. The molecule has 3 N–H and O–H groups in total. The highest BCUT2D eigenvalue weighted by Gasteiger charge is 2.24. The highest BCUT2D eigenvalue weighted by atomic mass is 16.5. The molecule has 0 radical (unpaired) electrons. The second-order valence-electron chi connectivity index (χ2n) is 7.21. The normalized spacial score (nSPS) is 11.8. The molecule has 0 unspecified atom stereocenters. The number of rotatable bonds is 9. The highest BCUT2D eigenvalue weighted by Crippen LogP contribution is 2.08. The van der Waals surface area contributed by atoms with E-state index in [9.17, 15) is 19.5 Å². The van der Waals surface area contributed by atoms with E-state index in [4.69, 9.17) is 4.74 Å². The van der Waals surface area contributed by atoms with Crippen molar-refractivity contribution < 1.29 is 24.2 Å². The number of amides is 2. The summed E-state index contributed by atoms with van der Waals surface area (Å²) < 4.78 is 5.23. The van der Waals surface area contributed by atoms with Gasteiger partial charge in [-0.25, -0.2) is 9.59 Å². The van der Waals surface area contributed by atoms with Gasteiger partial charge in [-0.05, 0) is 22.8 Å². The number of alkyl carbamates (subject to hydrolysis) is 1. The Bertz CT molecular complexity index is 1100. The van der Waals surface area contributed by atoms with Gasteiger partial charge in [0.1, 0.15) is 18.3 Å². The molecular weight excluding hydrogens is 420 g/mol. The third kappa shape index (κ3) is 7.66. The summed E-state index contributed by atoms with van der Waals surface area (Å²) >= 11 is 0. The molecular formula is C26H24N2O5. The number of carboxylic acid groups (broad SMARTS) is 1. The van der Waals surface area contributed by atoms with E-state index in [2.05, 4.69) is 10.6 Å². The molecule has 0 saturated carbocycles. The Morgan fingerprint density at radius 2 is 1.36 bits per heavy atom. The van der Waals surface area contributed by atoms with E-state index in [1.54, 1.807) is 30.3 Å². The summed E-state index contributed by atoms with van der Waals surface area (Å²) in [5.74, 6) is -1.96. The number of aliphatic carboxylic acids is 1. The summed E-state index contributed by atoms with van der Waals surface area (Å²) in [5, 5.41) is 14.5. The fraction of sp³-hybridized carbons (Fsp3) is 0.115. The lowest BCUT2D eigenvalue weighted by Gasteiger charge is -2.19.